The smallest absolute Gasteiger partial charge is 0.261 e. The third kappa shape index (κ3) is 3.27. The fraction of sp³-hybridized carbons (Fsp3) is 0.278. The molecule has 2 aromatic rings. The van der Waals surface area contributed by atoms with Crippen LogP contribution in [0.15, 0.2) is 24.3 Å². The van der Waals surface area contributed by atoms with E-state index in [1.165, 1.54) is 11.3 Å². The lowest BCUT2D eigenvalue weighted by atomic mass is 10.00. The Kier molecular flexibility index (Phi) is 5.12. The van der Waals surface area contributed by atoms with E-state index in [1.807, 2.05) is 0 Å². The summed E-state index contributed by atoms with van der Waals surface area (Å²) in [6.45, 7) is 2.57. The molecule has 0 aliphatic carbocycles. The number of nitrogens with one attached hydrogen (secondary N) is 1. The minimum Gasteiger partial charge on any atom is -0.378 e. The molecule has 0 saturated carbocycles. The number of hydrogen-bond acceptors (Lipinski definition) is 6. The van der Waals surface area contributed by atoms with Crippen molar-refractivity contribution in [2.24, 2.45) is 0 Å². The van der Waals surface area contributed by atoms with Crippen LogP contribution in [0.4, 0.5) is 5.00 Å². The van der Waals surface area contributed by atoms with Crippen molar-refractivity contribution >= 4 is 28.5 Å². The highest BCUT2D eigenvalue weighted by atomic mass is 32.1. The summed E-state index contributed by atoms with van der Waals surface area (Å²) in [5.41, 5.74) is 2.40. The number of nitriles is 1. The standard InChI is InChI=1S/C18H17N3O3S/c1-20-17(23)16-15(13-4-2-12(11-22)3-5-13)14(10-19)18(25-16)21-6-8-24-9-7-21/h2-5,11H,6-9H2,1H3,(H,20,23). The molecule has 1 N–H and O–H groups in total. The van der Waals surface area contributed by atoms with Crippen LogP contribution in [-0.4, -0.2) is 45.5 Å². The number of morpholine rings is 1. The molecule has 1 aliphatic heterocycles. The average Bonchev–Trinajstić information content (AvgIpc) is 3.07. The summed E-state index contributed by atoms with van der Waals surface area (Å²) in [5, 5.41) is 13.2. The number of ether oxygens (including phenoxy) is 1. The van der Waals surface area contributed by atoms with Gasteiger partial charge in [0, 0.05) is 31.3 Å². The van der Waals surface area contributed by atoms with E-state index in [9.17, 15) is 14.9 Å². The Morgan fingerprint density at radius 2 is 2.00 bits per heavy atom. The first kappa shape index (κ1) is 17.1. The highest BCUT2D eigenvalue weighted by Gasteiger charge is 2.27. The fourth-order valence-corrected chi connectivity index (χ4v) is 4.06. The predicted octanol–water partition coefficient (Wildman–Crippen LogP) is 2.30. The zero-order valence-electron chi connectivity index (χ0n) is 13.7. The summed E-state index contributed by atoms with van der Waals surface area (Å²) in [5.74, 6) is -0.226. The van der Waals surface area contributed by atoms with E-state index in [1.54, 1.807) is 31.3 Å². The van der Waals surface area contributed by atoms with Crippen LogP contribution in [0, 0.1) is 11.3 Å². The van der Waals surface area contributed by atoms with Gasteiger partial charge in [0.1, 0.15) is 22.2 Å². The van der Waals surface area contributed by atoms with E-state index in [-0.39, 0.29) is 5.91 Å². The number of rotatable bonds is 4. The molecule has 3 rings (SSSR count). The summed E-state index contributed by atoms with van der Waals surface area (Å²) in [6.07, 6.45) is 0.765. The second-order valence-electron chi connectivity index (χ2n) is 5.52. The zero-order valence-corrected chi connectivity index (χ0v) is 14.6. The molecule has 1 aliphatic rings. The number of carbonyl (C=O) groups is 2. The van der Waals surface area contributed by atoms with Crippen molar-refractivity contribution in [2.75, 3.05) is 38.3 Å². The lowest BCUT2D eigenvalue weighted by Crippen LogP contribution is -2.36. The fourth-order valence-electron chi connectivity index (χ4n) is 2.79. The molecule has 0 radical (unpaired) electrons. The molecular formula is C18H17N3O3S. The van der Waals surface area contributed by atoms with Crippen molar-refractivity contribution < 1.29 is 14.3 Å². The van der Waals surface area contributed by atoms with Crippen molar-refractivity contribution in [3.63, 3.8) is 0 Å². The highest BCUT2D eigenvalue weighted by Crippen LogP contribution is 2.42. The van der Waals surface area contributed by atoms with Gasteiger partial charge in [-0.3, -0.25) is 9.59 Å². The third-order valence-corrected chi connectivity index (χ3v) is 5.32. The molecule has 0 atom stereocenters. The topological polar surface area (TPSA) is 82.4 Å². The predicted molar refractivity (Wildman–Crippen MR) is 96.3 cm³/mol. The maximum Gasteiger partial charge on any atom is 0.261 e. The van der Waals surface area contributed by atoms with Crippen molar-refractivity contribution in [3.8, 4) is 17.2 Å². The molecule has 0 spiro atoms. The molecule has 1 aromatic heterocycles. The van der Waals surface area contributed by atoms with E-state index >= 15 is 0 Å². The van der Waals surface area contributed by atoms with Crippen LogP contribution >= 0.6 is 11.3 Å². The Balaban J connectivity index is 2.16. The molecule has 25 heavy (non-hydrogen) atoms. The van der Waals surface area contributed by atoms with E-state index < -0.39 is 0 Å². The number of carbonyl (C=O) groups excluding carboxylic acids is 2. The molecule has 1 saturated heterocycles. The molecule has 0 bridgehead atoms. The van der Waals surface area contributed by atoms with Crippen LogP contribution in [0.3, 0.4) is 0 Å². The van der Waals surface area contributed by atoms with E-state index in [0.717, 1.165) is 16.9 Å². The summed E-state index contributed by atoms with van der Waals surface area (Å²) in [6, 6.07) is 9.17. The van der Waals surface area contributed by atoms with Gasteiger partial charge in [0.2, 0.25) is 0 Å². The van der Waals surface area contributed by atoms with Crippen molar-refractivity contribution in [1.29, 1.82) is 5.26 Å². The molecule has 1 aromatic carbocycles. The van der Waals surface area contributed by atoms with Gasteiger partial charge < -0.3 is 15.0 Å². The summed E-state index contributed by atoms with van der Waals surface area (Å²) < 4.78 is 5.38. The maximum absolute atomic E-state index is 12.4. The van der Waals surface area contributed by atoms with Gasteiger partial charge in [-0.25, -0.2) is 0 Å². The lowest BCUT2D eigenvalue weighted by Gasteiger charge is -2.27. The van der Waals surface area contributed by atoms with Gasteiger partial charge in [0.25, 0.3) is 5.91 Å². The number of nitrogens with zero attached hydrogens (tertiary/aromatic N) is 2. The first-order valence-corrected chi connectivity index (χ1v) is 8.68. The van der Waals surface area contributed by atoms with Gasteiger partial charge in [-0.2, -0.15) is 5.26 Å². The molecule has 128 valence electrons. The lowest BCUT2D eigenvalue weighted by molar-refractivity contribution is 0.0967. The van der Waals surface area contributed by atoms with Crippen molar-refractivity contribution in [2.45, 2.75) is 0 Å². The molecule has 1 fully saturated rings. The van der Waals surface area contributed by atoms with Gasteiger partial charge in [0.05, 0.1) is 18.8 Å². The largest absolute Gasteiger partial charge is 0.378 e. The number of benzene rings is 1. The van der Waals surface area contributed by atoms with E-state index in [0.29, 0.717) is 47.9 Å². The third-order valence-electron chi connectivity index (χ3n) is 4.07. The first-order valence-electron chi connectivity index (χ1n) is 7.87. The SMILES string of the molecule is CNC(=O)c1sc(N2CCOCC2)c(C#N)c1-c1ccc(C=O)cc1. The maximum atomic E-state index is 12.4. The van der Waals surface area contributed by atoms with E-state index in [4.69, 9.17) is 4.74 Å². The Labute approximate surface area is 149 Å². The minimum atomic E-state index is -0.226. The molecule has 0 unspecified atom stereocenters. The van der Waals surface area contributed by atoms with Gasteiger partial charge >= 0.3 is 0 Å². The van der Waals surface area contributed by atoms with Crippen molar-refractivity contribution in [1.82, 2.24) is 5.32 Å². The second-order valence-corrected chi connectivity index (χ2v) is 6.52. The first-order chi connectivity index (χ1) is 12.2. The summed E-state index contributed by atoms with van der Waals surface area (Å²) in [4.78, 5) is 25.8. The molecule has 6 nitrogen and oxygen atoms in total. The number of thiophene rings is 1. The van der Waals surface area contributed by atoms with Gasteiger partial charge in [-0.1, -0.05) is 24.3 Å². The van der Waals surface area contributed by atoms with Gasteiger partial charge in [0.15, 0.2) is 0 Å². The van der Waals surface area contributed by atoms with Gasteiger partial charge in [-0.05, 0) is 5.56 Å². The van der Waals surface area contributed by atoms with Crippen LogP contribution in [0.1, 0.15) is 25.6 Å². The Bertz CT molecular complexity index is 830. The monoisotopic (exact) mass is 355 g/mol. The molecule has 2 heterocycles. The summed E-state index contributed by atoms with van der Waals surface area (Å²) in [7, 11) is 1.57. The van der Waals surface area contributed by atoms with Crippen LogP contribution in [0.25, 0.3) is 11.1 Å². The highest BCUT2D eigenvalue weighted by molar-refractivity contribution is 7.18. The van der Waals surface area contributed by atoms with Crippen LogP contribution in [0.5, 0.6) is 0 Å². The quantitative estimate of drug-likeness (QED) is 0.851. The van der Waals surface area contributed by atoms with Crippen LogP contribution in [0.2, 0.25) is 0 Å². The molecule has 1 amide bonds. The minimum absolute atomic E-state index is 0.226. The zero-order chi connectivity index (χ0) is 17.8. The summed E-state index contributed by atoms with van der Waals surface area (Å²) >= 11 is 1.32. The average molecular weight is 355 g/mol. The number of amides is 1. The van der Waals surface area contributed by atoms with Gasteiger partial charge in [-0.15, -0.1) is 11.3 Å². The Morgan fingerprint density at radius 3 is 2.56 bits per heavy atom. The second kappa shape index (κ2) is 7.47. The van der Waals surface area contributed by atoms with Crippen LogP contribution < -0.4 is 10.2 Å². The normalized spacial score (nSPS) is 14.0. The van der Waals surface area contributed by atoms with Crippen molar-refractivity contribution in [3.05, 3.63) is 40.3 Å². The number of anilines is 1. The molecule has 7 heteroatoms. The Morgan fingerprint density at radius 1 is 1.32 bits per heavy atom. The number of hydrogen-bond donors (Lipinski definition) is 1. The molecular weight excluding hydrogens is 338 g/mol. The Hall–Kier alpha value is -2.69. The number of aldehydes is 1. The van der Waals surface area contributed by atoms with E-state index in [2.05, 4.69) is 16.3 Å². The van der Waals surface area contributed by atoms with Crippen LogP contribution in [-0.2, 0) is 4.74 Å².